The Balaban J connectivity index is 1.68. The van der Waals surface area contributed by atoms with E-state index in [4.69, 9.17) is 15.9 Å². The molecule has 4 aromatic rings. The van der Waals surface area contributed by atoms with Crippen LogP contribution in [0, 0.1) is 11.3 Å². The summed E-state index contributed by atoms with van der Waals surface area (Å²) < 4.78 is 5.62. The standard InChI is InChI=1S/C32H31N5O4/c1-20(2)18-36-30(38)23-12-15-25(27(17-23)32(40)41-19-21-7-4-3-5-8-21)26-9-6-16-35-28(26)31(39)37-24-13-10-22(11-14-24)29(33)34/h3-17,20H,18-19H2,1-2H3,(H3,33,34)(H,36,38)(H,37,39). The molecule has 0 bridgehead atoms. The number of nitrogens with two attached hydrogens (primary N) is 1. The zero-order valence-corrected chi connectivity index (χ0v) is 22.8. The van der Waals surface area contributed by atoms with Crippen molar-refractivity contribution in [2.45, 2.75) is 20.5 Å². The number of ether oxygens (including phenoxy) is 1. The summed E-state index contributed by atoms with van der Waals surface area (Å²) in [5.41, 5.74) is 8.63. The Bertz CT molecular complexity index is 1570. The number of hydrogen-bond acceptors (Lipinski definition) is 6. The SMILES string of the molecule is CC(C)CNC(=O)c1ccc(-c2cccnc2C(=O)Nc2ccc(C(=N)N)cc2)c(C(=O)OCc2ccccc2)c1. The van der Waals surface area contributed by atoms with Crippen LogP contribution in [-0.2, 0) is 11.3 Å². The van der Waals surface area contributed by atoms with Gasteiger partial charge in [0.1, 0.15) is 18.1 Å². The van der Waals surface area contributed by atoms with Gasteiger partial charge in [-0.3, -0.25) is 20.0 Å². The molecule has 0 saturated heterocycles. The van der Waals surface area contributed by atoms with Crippen molar-refractivity contribution in [1.82, 2.24) is 10.3 Å². The van der Waals surface area contributed by atoms with E-state index in [0.29, 0.717) is 34.5 Å². The normalized spacial score (nSPS) is 10.6. The van der Waals surface area contributed by atoms with Gasteiger partial charge < -0.3 is 21.1 Å². The first kappa shape index (κ1) is 28.7. The van der Waals surface area contributed by atoms with Gasteiger partial charge in [-0.2, -0.15) is 0 Å². The third-order valence-corrected chi connectivity index (χ3v) is 6.15. The monoisotopic (exact) mass is 549 g/mol. The van der Waals surface area contributed by atoms with Gasteiger partial charge in [-0.05, 0) is 59.5 Å². The average molecular weight is 550 g/mol. The summed E-state index contributed by atoms with van der Waals surface area (Å²) in [6.07, 6.45) is 1.48. The zero-order chi connectivity index (χ0) is 29.4. The molecule has 9 nitrogen and oxygen atoms in total. The number of pyridine rings is 1. The molecule has 0 aliphatic heterocycles. The first-order chi connectivity index (χ1) is 19.7. The number of amides is 2. The minimum atomic E-state index is -0.641. The van der Waals surface area contributed by atoms with E-state index >= 15 is 0 Å². The van der Waals surface area contributed by atoms with Crippen molar-refractivity contribution in [2.75, 3.05) is 11.9 Å². The van der Waals surface area contributed by atoms with Crippen LogP contribution in [0.25, 0.3) is 11.1 Å². The maximum atomic E-state index is 13.4. The molecule has 0 aliphatic carbocycles. The number of amidine groups is 1. The van der Waals surface area contributed by atoms with Crippen LogP contribution in [-0.4, -0.2) is 35.1 Å². The van der Waals surface area contributed by atoms with Crippen LogP contribution in [0.15, 0.2) is 91.1 Å². The summed E-state index contributed by atoms with van der Waals surface area (Å²) in [6.45, 7) is 4.50. The van der Waals surface area contributed by atoms with E-state index in [0.717, 1.165) is 5.56 Å². The van der Waals surface area contributed by atoms with Gasteiger partial charge in [0.2, 0.25) is 0 Å². The fourth-order valence-electron chi connectivity index (χ4n) is 4.02. The van der Waals surface area contributed by atoms with E-state index in [1.807, 2.05) is 44.2 Å². The third-order valence-electron chi connectivity index (χ3n) is 6.15. The lowest BCUT2D eigenvalue weighted by atomic mass is 9.95. The molecular weight excluding hydrogens is 518 g/mol. The van der Waals surface area contributed by atoms with E-state index in [1.165, 1.54) is 12.3 Å². The predicted octanol–water partition coefficient (Wildman–Crippen LogP) is 5.03. The van der Waals surface area contributed by atoms with Gasteiger partial charge in [-0.15, -0.1) is 0 Å². The molecule has 2 amide bonds. The van der Waals surface area contributed by atoms with Crippen molar-refractivity contribution in [3.8, 4) is 11.1 Å². The molecule has 1 heterocycles. The molecule has 0 radical (unpaired) electrons. The number of nitrogens with one attached hydrogen (secondary N) is 3. The summed E-state index contributed by atoms with van der Waals surface area (Å²) in [6, 6.07) is 23.8. The number of carbonyl (C=O) groups is 3. The fraction of sp³-hybridized carbons (Fsp3) is 0.156. The molecule has 4 rings (SSSR count). The predicted molar refractivity (Wildman–Crippen MR) is 158 cm³/mol. The molecule has 5 N–H and O–H groups in total. The van der Waals surface area contributed by atoms with E-state index in [9.17, 15) is 14.4 Å². The van der Waals surface area contributed by atoms with Crippen molar-refractivity contribution >= 4 is 29.3 Å². The molecule has 1 aromatic heterocycles. The quantitative estimate of drug-likeness (QED) is 0.124. The molecule has 41 heavy (non-hydrogen) atoms. The smallest absolute Gasteiger partial charge is 0.339 e. The number of rotatable bonds is 10. The summed E-state index contributed by atoms with van der Waals surface area (Å²) in [5, 5.41) is 13.2. The number of carbonyl (C=O) groups excluding carboxylic acids is 3. The van der Waals surface area contributed by atoms with Gasteiger partial charge >= 0.3 is 5.97 Å². The summed E-state index contributed by atoms with van der Waals surface area (Å²) >= 11 is 0. The molecule has 0 unspecified atom stereocenters. The van der Waals surface area contributed by atoms with Crippen LogP contribution >= 0.6 is 0 Å². The van der Waals surface area contributed by atoms with E-state index in [-0.39, 0.29) is 35.5 Å². The van der Waals surface area contributed by atoms with E-state index in [1.54, 1.807) is 48.5 Å². The minimum absolute atomic E-state index is 0.0412. The highest BCUT2D eigenvalue weighted by atomic mass is 16.5. The first-order valence-corrected chi connectivity index (χ1v) is 13.1. The Morgan fingerprint density at radius 3 is 2.27 bits per heavy atom. The third kappa shape index (κ3) is 7.42. The Morgan fingerprint density at radius 1 is 0.878 bits per heavy atom. The lowest BCUT2D eigenvalue weighted by molar-refractivity contribution is 0.0473. The van der Waals surface area contributed by atoms with Crippen molar-refractivity contribution < 1.29 is 19.1 Å². The van der Waals surface area contributed by atoms with Gasteiger partial charge in [0.15, 0.2) is 0 Å². The van der Waals surface area contributed by atoms with Crippen molar-refractivity contribution in [2.24, 2.45) is 11.7 Å². The summed E-state index contributed by atoms with van der Waals surface area (Å²) in [5.74, 6) is -1.29. The van der Waals surface area contributed by atoms with Crippen LogP contribution in [0.1, 0.15) is 56.2 Å². The molecule has 9 heteroatoms. The van der Waals surface area contributed by atoms with Gasteiger partial charge in [0.05, 0.1) is 5.56 Å². The number of hydrogen-bond donors (Lipinski definition) is 4. The number of nitrogen functional groups attached to an aromatic ring is 1. The Morgan fingerprint density at radius 2 is 1.59 bits per heavy atom. The highest BCUT2D eigenvalue weighted by molar-refractivity contribution is 6.10. The highest BCUT2D eigenvalue weighted by Crippen LogP contribution is 2.29. The lowest BCUT2D eigenvalue weighted by Crippen LogP contribution is -2.27. The first-order valence-electron chi connectivity index (χ1n) is 13.1. The topological polar surface area (TPSA) is 147 Å². The highest BCUT2D eigenvalue weighted by Gasteiger charge is 2.22. The van der Waals surface area contributed by atoms with Crippen molar-refractivity contribution in [1.29, 1.82) is 5.41 Å². The largest absolute Gasteiger partial charge is 0.457 e. The van der Waals surface area contributed by atoms with Crippen LogP contribution < -0.4 is 16.4 Å². The molecule has 0 aliphatic rings. The van der Waals surface area contributed by atoms with Crippen LogP contribution in [0.5, 0.6) is 0 Å². The second-order valence-electron chi connectivity index (χ2n) is 9.77. The van der Waals surface area contributed by atoms with Crippen LogP contribution in [0.3, 0.4) is 0 Å². The summed E-state index contributed by atoms with van der Waals surface area (Å²) in [7, 11) is 0. The fourth-order valence-corrected chi connectivity index (χ4v) is 4.02. The number of benzene rings is 3. The number of esters is 1. The molecule has 0 spiro atoms. The van der Waals surface area contributed by atoms with Crippen molar-refractivity contribution in [3.05, 3.63) is 119 Å². The Kier molecular flexibility index (Phi) is 9.21. The summed E-state index contributed by atoms with van der Waals surface area (Å²) in [4.78, 5) is 43.9. The second kappa shape index (κ2) is 13.2. The Labute approximate surface area is 238 Å². The molecule has 0 atom stereocenters. The number of anilines is 1. The van der Waals surface area contributed by atoms with Crippen LogP contribution in [0.2, 0.25) is 0 Å². The number of nitrogens with zero attached hydrogens (tertiary/aromatic N) is 1. The van der Waals surface area contributed by atoms with E-state index in [2.05, 4.69) is 15.6 Å². The Hall–Kier alpha value is -5.31. The van der Waals surface area contributed by atoms with Gasteiger partial charge in [0.25, 0.3) is 11.8 Å². The molecule has 0 fully saturated rings. The maximum absolute atomic E-state index is 13.4. The van der Waals surface area contributed by atoms with Crippen LogP contribution in [0.4, 0.5) is 5.69 Å². The minimum Gasteiger partial charge on any atom is -0.457 e. The molecule has 208 valence electrons. The van der Waals surface area contributed by atoms with Gasteiger partial charge in [-0.1, -0.05) is 56.3 Å². The van der Waals surface area contributed by atoms with E-state index < -0.39 is 11.9 Å². The maximum Gasteiger partial charge on any atom is 0.339 e. The van der Waals surface area contributed by atoms with Gasteiger partial charge in [0, 0.05) is 35.1 Å². The molecule has 0 saturated carbocycles. The van der Waals surface area contributed by atoms with Crippen molar-refractivity contribution in [3.63, 3.8) is 0 Å². The average Bonchev–Trinajstić information content (AvgIpc) is 2.99. The molecule has 3 aromatic carbocycles. The zero-order valence-electron chi connectivity index (χ0n) is 22.8. The van der Waals surface area contributed by atoms with Gasteiger partial charge in [-0.25, -0.2) is 4.79 Å². The lowest BCUT2D eigenvalue weighted by Gasteiger charge is -2.15. The molecular formula is C32H31N5O4. The second-order valence-corrected chi connectivity index (χ2v) is 9.77. The number of aromatic nitrogens is 1.